The molecule has 0 aliphatic heterocycles. The lowest BCUT2D eigenvalue weighted by atomic mass is 10.2. The van der Waals surface area contributed by atoms with Gasteiger partial charge < -0.3 is 20.7 Å². The van der Waals surface area contributed by atoms with Crippen LogP contribution in [0.4, 0.5) is 11.4 Å². The minimum atomic E-state index is 0.133. The molecular weight excluding hydrogens is 262 g/mol. The molecular formula is C17H31N3O. The second-order valence-corrected chi connectivity index (χ2v) is 6.13. The summed E-state index contributed by atoms with van der Waals surface area (Å²) in [6.07, 6.45) is 2.49. The van der Waals surface area contributed by atoms with E-state index in [0.717, 1.165) is 30.9 Å². The Kier molecular flexibility index (Phi) is 7.37. The zero-order valence-corrected chi connectivity index (χ0v) is 14.1. The third-order valence-electron chi connectivity index (χ3n) is 3.52. The molecule has 1 aromatic rings. The summed E-state index contributed by atoms with van der Waals surface area (Å²) < 4.78 is 5.70. The summed E-state index contributed by atoms with van der Waals surface area (Å²) in [5, 5.41) is 3.43. The molecule has 0 heterocycles. The Labute approximate surface area is 129 Å². The van der Waals surface area contributed by atoms with Gasteiger partial charge in [0.05, 0.1) is 11.8 Å². The number of anilines is 2. The summed E-state index contributed by atoms with van der Waals surface area (Å²) in [5.74, 6) is 0.759. The van der Waals surface area contributed by atoms with Crippen LogP contribution in [0, 0.1) is 0 Å². The van der Waals surface area contributed by atoms with Gasteiger partial charge in [-0.2, -0.15) is 0 Å². The van der Waals surface area contributed by atoms with Crippen LogP contribution < -0.4 is 15.8 Å². The molecule has 0 bridgehead atoms. The van der Waals surface area contributed by atoms with Crippen molar-refractivity contribution in [3.8, 4) is 5.75 Å². The highest BCUT2D eigenvalue weighted by molar-refractivity contribution is 5.61. The Hall–Kier alpha value is -1.42. The van der Waals surface area contributed by atoms with Crippen molar-refractivity contribution in [2.75, 3.05) is 31.2 Å². The average Bonchev–Trinajstić information content (AvgIpc) is 2.41. The van der Waals surface area contributed by atoms with Crippen LogP contribution >= 0.6 is 0 Å². The predicted molar refractivity (Wildman–Crippen MR) is 92.1 cm³/mol. The van der Waals surface area contributed by atoms with Crippen molar-refractivity contribution in [1.29, 1.82) is 0 Å². The van der Waals surface area contributed by atoms with Gasteiger partial charge >= 0.3 is 0 Å². The first-order chi connectivity index (χ1) is 9.90. The summed E-state index contributed by atoms with van der Waals surface area (Å²) in [7, 11) is 2.17. The number of nitrogen functional groups attached to an aromatic ring is 1. The first kappa shape index (κ1) is 17.6. The maximum Gasteiger partial charge on any atom is 0.144 e. The number of unbranched alkanes of at least 4 members (excludes halogenated alkanes) is 1. The highest BCUT2D eigenvalue weighted by Gasteiger charge is 2.05. The van der Waals surface area contributed by atoms with Gasteiger partial charge in [0.25, 0.3) is 0 Å². The van der Waals surface area contributed by atoms with Gasteiger partial charge in [-0.05, 0) is 66.3 Å². The predicted octanol–water partition coefficient (Wildman–Crippen LogP) is 3.59. The van der Waals surface area contributed by atoms with Crippen molar-refractivity contribution >= 4 is 11.4 Å². The van der Waals surface area contributed by atoms with E-state index in [2.05, 4.69) is 31.1 Å². The van der Waals surface area contributed by atoms with Crippen molar-refractivity contribution in [3.63, 3.8) is 0 Å². The Morgan fingerprint density at radius 1 is 1.19 bits per heavy atom. The van der Waals surface area contributed by atoms with E-state index in [-0.39, 0.29) is 6.10 Å². The number of hydrogen-bond donors (Lipinski definition) is 2. The third-order valence-corrected chi connectivity index (χ3v) is 3.52. The normalized spacial score (nSPS) is 11.4. The first-order valence-electron chi connectivity index (χ1n) is 7.90. The SMILES string of the molecule is CC(C)Oc1cc(NCCCCN(C)C(C)C)ccc1N. The molecule has 4 heteroatoms. The van der Waals surface area contributed by atoms with E-state index in [1.165, 1.54) is 6.42 Å². The minimum Gasteiger partial charge on any atom is -0.489 e. The van der Waals surface area contributed by atoms with E-state index in [1.807, 2.05) is 32.0 Å². The quantitative estimate of drug-likeness (QED) is 0.539. The molecule has 1 aromatic carbocycles. The fraction of sp³-hybridized carbons (Fsp3) is 0.647. The lowest BCUT2D eigenvalue weighted by Crippen LogP contribution is -2.27. The molecule has 0 radical (unpaired) electrons. The van der Waals surface area contributed by atoms with Gasteiger partial charge in [-0.25, -0.2) is 0 Å². The Morgan fingerprint density at radius 2 is 1.90 bits per heavy atom. The van der Waals surface area contributed by atoms with E-state index in [9.17, 15) is 0 Å². The number of ether oxygens (including phenoxy) is 1. The molecule has 4 nitrogen and oxygen atoms in total. The molecule has 0 fully saturated rings. The zero-order chi connectivity index (χ0) is 15.8. The van der Waals surface area contributed by atoms with Gasteiger partial charge in [0.2, 0.25) is 0 Å². The van der Waals surface area contributed by atoms with Gasteiger partial charge in [0, 0.05) is 24.3 Å². The van der Waals surface area contributed by atoms with Crippen molar-refractivity contribution in [1.82, 2.24) is 4.90 Å². The summed E-state index contributed by atoms with van der Waals surface area (Å²) in [4.78, 5) is 2.37. The summed E-state index contributed by atoms with van der Waals surface area (Å²) in [6, 6.07) is 6.50. The minimum absolute atomic E-state index is 0.133. The summed E-state index contributed by atoms with van der Waals surface area (Å²) in [6.45, 7) is 10.6. The van der Waals surface area contributed by atoms with Gasteiger partial charge in [-0.3, -0.25) is 0 Å². The molecule has 3 N–H and O–H groups in total. The molecule has 0 spiro atoms. The first-order valence-corrected chi connectivity index (χ1v) is 7.90. The number of nitrogens with two attached hydrogens (primary N) is 1. The molecule has 0 atom stereocenters. The van der Waals surface area contributed by atoms with Gasteiger partial charge in [0.15, 0.2) is 0 Å². The maximum atomic E-state index is 5.92. The fourth-order valence-corrected chi connectivity index (χ4v) is 1.98. The van der Waals surface area contributed by atoms with Crippen LogP contribution in [0.1, 0.15) is 40.5 Å². The lowest BCUT2D eigenvalue weighted by molar-refractivity contribution is 0.244. The van der Waals surface area contributed by atoms with Crippen molar-refractivity contribution in [2.45, 2.75) is 52.7 Å². The number of hydrogen-bond acceptors (Lipinski definition) is 4. The smallest absolute Gasteiger partial charge is 0.144 e. The van der Waals surface area contributed by atoms with Crippen LogP contribution in [0.25, 0.3) is 0 Å². The van der Waals surface area contributed by atoms with E-state index in [4.69, 9.17) is 10.5 Å². The Bertz CT molecular complexity index is 418. The molecule has 21 heavy (non-hydrogen) atoms. The van der Waals surface area contributed by atoms with Gasteiger partial charge in [-0.1, -0.05) is 0 Å². The highest BCUT2D eigenvalue weighted by Crippen LogP contribution is 2.26. The van der Waals surface area contributed by atoms with Gasteiger partial charge in [-0.15, -0.1) is 0 Å². The Balaban J connectivity index is 2.35. The highest BCUT2D eigenvalue weighted by atomic mass is 16.5. The van der Waals surface area contributed by atoms with Crippen molar-refractivity contribution < 1.29 is 4.74 Å². The third kappa shape index (κ3) is 6.71. The van der Waals surface area contributed by atoms with E-state index < -0.39 is 0 Å². The standard InChI is InChI=1S/C17H31N3O/c1-13(2)20(5)11-7-6-10-19-15-8-9-16(18)17(12-15)21-14(3)4/h8-9,12-14,19H,6-7,10-11,18H2,1-5H3. The fourth-order valence-electron chi connectivity index (χ4n) is 1.98. The molecule has 0 aliphatic carbocycles. The van der Waals surface area contributed by atoms with Crippen LogP contribution in [0.15, 0.2) is 18.2 Å². The molecule has 0 saturated heterocycles. The molecule has 0 amide bonds. The second-order valence-electron chi connectivity index (χ2n) is 6.13. The molecule has 0 saturated carbocycles. The molecule has 0 aliphatic rings. The molecule has 0 unspecified atom stereocenters. The topological polar surface area (TPSA) is 50.5 Å². The van der Waals surface area contributed by atoms with E-state index >= 15 is 0 Å². The van der Waals surface area contributed by atoms with Crippen LogP contribution in [-0.4, -0.2) is 37.2 Å². The Morgan fingerprint density at radius 3 is 2.52 bits per heavy atom. The monoisotopic (exact) mass is 293 g/mol. The van der Waals surface area contributed by atoms with E-state index in [1.54, 1.807) is 0 Å². The van der Waals surface area contributed by atoms with Crippen LogP contribution in [0.2, 0.25) is 0 Å². The number of nitrogens with zero attached hydrogens (tertiary/aromatic N) is 1. The largest absolute Gasteiger partial charge is 0.489 e. The van der Waals surface area contributed by atoms with Gasteiger partial charge in [0.1, 0.15) is 5.75 Å². The number of benzene rings is 1. The second kappa shape index (κ2) is 8.78. The molecule has 120 valence electrons. The number of nitrogens with one attached hydrogen (secondary N) is 1. The molecule has 1 rings (SSSR count). The van der Waals surface area contributed by atoms with Crippen LogP contribution in [0.5, 0.6) is 5.75 Å². The average molecular weight is 293 g/mol. The van der Waals surface area contributed by atoms with Crippen LogP contribution in [0.3, 0.4) is 0 Å². The van der Waals surface area contributed by atoms with E-state index in [0.29, 0.717) is 11.7 Å². The van der Waals surface area contributed by atoms with Crippen LogP contribution in [-0.2, 0) is 0 Å². The van der Waals surface area contributed by atoms with Crippen molar-refractivity contribution in [2.24, 2.45) is 0 Å². The number of rotatable bonds is 9. The molecule has 0 aromatic heterocycles. The maximum absolute atomic E-state index is 5.92. The summed E-state index contributed by atoms with van der Waals surface area (Å²) in [5.41, 5.74) is 7.67. The lowest BCUT2D eigenvalue weighted by Gasteiger charge is -2.20. The zero-order valence-electron chi connectivity index (χ0n) is 14.1. The van der Waals surface area contributed by atoms with Crippen molar-refractivity contribution in [3.05, 3.63) is 18.2 Å². The summed E-state index contributed by atoms with van der Waals surface area (Å²) >= 11 is 0.